The summed E-state index contributed by atoms with van der Waals surface area (Å²) in [5.74, 6) is 1.37. The summed E-state index contributed by atoms with van der Waals surface area (Å²) in [7, 11) is 3.15. The molecule has 0 bridgehead atoms. The molecule has 0 amide bonds. The van der Waals surface area contributed by atoms with Crippen molar-refractivity contribution < 1.29 is 9.47 Å². The van der Waals surface area contributed by atoms with Crippen molar-refractivity contribution in [3.8, 4) is 23.6 Å². The molecule has 0 radical (unpaired) electrons. The van der Waals surface area contributed by atoms with E-state index in [4.69, 9.17) is 9.47 Å². The van der Waals surface area contributed by atoms with Gasteiger partial charge in [-0.15, -0.1) is 0 Å². The summed E-state index contributed by atoms with van der Waals surface area (Å²) in [6.45, 7) is 3.31. The average molecular weight is 348 g/mol. The van der Waals surface area contributed by atoms with Crippen molar-refractivity contribution in [1.29, 1.82) is 10.5 Å². The molecule has 0 saturated carbocycles. The number of hydrogen-bond donors (Lipinski definition) is 0. The average Bonchev–Trinajstić information content (AvgIpc) is 2.71. The van der Waals surface area contributed by atoms with Gasteiger partial charge in [0.05, 0.1) is 26.4 Å². The third-order valence-electron chi connectivity index (χ3n) is 4.19. The lowest BCUT2D eigenvalue weighted by molar-refractivity contribution is 0.413. The summed E-state index contributed by atoms with van der Waals surface area (Å²) in [6, 6.07) is 18.4. The lowest BCUT2D eigenvalue weighted by Crippen LogP contribution is -2.20. The Hall–Kier alpha value is -3.38. The van der Waals surface area contributed by atoms with Crippen molar-refractivity contribution >= 4 is 0 Å². The van der Waals surface area contributed by atoms with E-state index in [2.05, 4.69) is 22.4 Å². The van der Waals surface area contributed by atoms with Crippen LogP contribution in [-0.2, 0) is 11.1 Å². The van der Waals surface area contributed by atoms with Crippen molar-refractivity contribution in [2.24, 2.45) is 10.2 Å². The lowest BCUT2D eigenvalue weighted by atomic mass is 9.93. The molecule has 6 heteroatoms. The van der Waals surface area contributed by atoms with Gasteiger partial charge in [-0.2, -0.15) is 20.8 Å². The minimum absolute atomic E-state index is 0.666. The molecule has 0 aromatic heterocycles. The van der Waals surface area contributed by atoms with Gasteiger partial charge in [-0.25, -0.2) is 0 Å². The third-order valence-corrected chi connectivity index (χ3v) is 4.19. The largest absolute Gasteiger partial charge is 0.497 e. The Morgan fingerprint density at radius 3 is 1.23 bits per heavy atom. The lowest BCUT2D eigenvalue weighted by Gasteiger charge is -2.20. The van der Waals surface area contributed by atoms with Crippen LogP contribution in [0.1, 0.15) is 25.0 Å². The maximum Gasteiger partial charge on any atom is 0.189 e. The monoisotopic (exact) mass is 348 g/mol. The normalized spacial score (nSPS) is 15.3. The summed E-state index contributed by atoms with van der Waals surface area (Å²) >= 11 is 0. The number of benzene rings is 2. The Bertz CT molecular complexity index is 789. The molecule has 0 heterocycles. The van der Waals surface area contributed by atoms with Crippen LogP contribution in [0.25, 0.3) is 0 Å². The number of nitriles is 2. The van der Waals surface area contributed by atoms with Crippen LogP contribution in [0.5, 0.6) is 11.5 Å². The molecular weight excluding hydrogens is 328 g/mol. The van der Waals surface area contributed by atoms with Gasteiger partial charge in [0, 0.05) is 0 Å². The minimum Gasteiger partial charge on any atom is -0.497 e. The Labute approximate surface area is 153 Å². The number of methoxy groups -OCH3 is 2. The molecule has 132 valence electrons. The molecule has 0 aliphatic carbocycles. The van der Waals surface area contributed by atoms with E-state index in [1.165, 1.54) is 0 Å². The summed E-state index contributed by atoms with van der Waals surface area (Å²) in [5, 5.41) is 27.7. The Balaban J connectivity index is 2.37. The summed E-state index contributed by atoms with van der Waals surface area (Å²) in [5.41, 5.74) is -1.09. The van der Waals surface area contributed by atoms with E-state index in [9.17, 15) is 10.5 Å². The standard InChI is InChI=1S/C20H20N4O2/c1-19(13-21,15-5-9-17(25-3)10-6-15)23-24-20(2,14-22)16-7-11-18(26-4)12-8-16/h5-12H,1-4H3. The fraction of sp³-hybridized carbons (Fsp3) is 0.300. The zero-order chi connectivity index (χ0) is 19.2. The van der Waals surface area contributed by atoms with Crippen LogP contribution < -0.4 is 9.47 Å². The molecule has 0 N–H and O–H groups in total. The number of rotatable bonds is 6. The SMILES string of the molecule is COc1ccc(C(C)(C#N)N=NC(C)(C#N)c2ccc(OC)cc2)cc1. The van der Waals surface area contributed by atoms with Gasteiger partial charge in [-0.05, 0) is 49.2 Å². The van der Waals surface area contributed by atoms with Gasteiger partial charge in [-0.3, -0.25) is 0 Å². The molecule has 2 unspecified atom stereocenters. The predicted octanol–water partition coefficient (Wildman–Crippen LogP) is 4.33. The summed E-state index contributed by atoms with van der Waals surface area (Å²) in [6.07, 6.45) is 0. The molecule has 2 atom stereocenters. The number of ether oxygens (including phenoxy) is 2. The molecule has 2 aromatic rings. The number of azo groups is 1. The molecule has 2 aromatic carbocycles. The van der Waals surface area contributed by atoms with Gasteiger partial charge >= 0.3 is 0 Å². The second kappa shape index (κ2) is 7.67. The van der Waals surface area contributed by atoms with E-state index in [1.807, 2.05) is 0 Å². The Kier molecular flexibility index (Phi) is 5.59. The second-order valence-corrected chi connectivity index (χ2v) is 6.03. The van der Waals surface area contributed by atoms with Crippen LogP contribution in [0.2, 0.25) is 0 Å². The topological polar surface area (TPSA) is 90.8 Å². The van der Waals surface area contributed by atoms with Crippen LogP contribution in [0.4, 0.5) is 0 Å². The smallest absolute Gasteiger partial charge is 0.189 e. The van der Waals surface area contributed by atoms with E-state index in [1.54, 1.807) is 76.6 Å². The van der Waals surface area contributed by atoms with E-state index in [0.717, 1.165) is 0 Å². The van der Waals surface area contributed by atoms with Crippen molar-refractivity contribution in [2.75, 3.05) is 14.2 Å². The van der Waals surface area contributed by atoms with Gasteiger partial charge in [0.1, 0.15) is 11.5 Å². The van der Waals surface area contributed by atoms with E-state index in [-0.39, 0.29) is 0 Å². The highest BCUT2D eigenvalue weighted by molar-refractivity contribution is 5.37. The Morgan fingerprint density at radius 1 is 0.692 bits per heavy atom. The van der Waals surface area contributed by atoms with Crippen molar-refractivity contribution in [3.63, 3.8) is 0 Å². The zero-order valence-electron chi connectivity index (χ0n) is 15.2. The fourth-order valence-corrected chi connectivity index (χ4v) is 2.32. The van der Waals surface area contributed by atoms with Crippen molar-refractivity contribution in [3.05, 3.63) is 59.7 Å². The molecule has 6 nitrogen and oxygen atoms in total. The van der Waals surface area contributed by atoms with Gasteiger partial charge in [0.15, 0.2) is 11.1 Å². The van der Waals surface area contributed by atoms with Gasteiger partial charge < -0.3 is 9.47 Å². The highest BCUT2D eigenvalue weighted by Gasteiger charge is 2.31. The van der Waals surface area contributed by atoms with Gasteiger partial charge in [0.25, 0.3) is 0 Å². The van der Waals surface area contributed by atoms with Crippen LogP contribution >= 0.6 is 0 Å². The second-order valence-electron chi connectivity index (χ2n) is 6.03. The predicted molar refractivity (Wildman–Crippen MR) is 96.8 cm³/mol. The third kappa shape index (κ3) is 3.81. The van der Waals surface area contributed by atoms with Crippen LogP contribution in [-0.4, -0.2) is 14.2 Å². The van der Waals surface area contributed by atoms with Crippen molar-refractivity contribution in [2.45, 2.75) is 24.9 Å². The first kappa shape index (κ1) is 19.0. The number of nitrogens with zero attached hydrogens (tertiary/aromatic N) is 4. The van der Waals surface area contributed by atoms with Crippen LogP contribution in [0.15, 0.2) is 58.8 Å². The van der Waals surface area contributed by atoms with E-state index >= 15 is 0 Å². The zero-order valence-corrected chi connectivity index (χ0v) is 15.2. The van der Waals surface area contributed by atoms with Gasteiger partial charge in [-0.1, -0.05) is 24.3 Å². The van der Waals surface area contributed by atoms with E-state index in [0.29, 0.717) is 22.6 Å². The first-order chi connectivity index (χ1) is 12.4. The van der Waals surface area contributed by atoms with Gasteiger partial charge in [0.2, 0.25) is 0 Å². The van der Waals surface area contributed by atoms with Crippen LogP contribution in [0.3, 0.4) is 0 Å². The molecule has 0 aliphatic heterocycles. The highest BCUT2D eigenvalue weighted by atomic mass is 16.5. The fourth-order valence-electron chi connectivity index (χ4n) is 2.32. The molecule has 0 spiro atoms. The van der Waals surface area contributed by atoms with Crippen LogP contribution in [0, 0.1) is 22.7 Å². The molecule has 2 rings (SSSR count). The molecular formula is C20H20N4O2. The number of hydrogen-bond acceptors (Lipinski definition) is 6. The maximum atomic E-state index is 9.64. The van der Waals surface area contributed by atoms with Crippen molar-refractivity contribution in [1.82, 2.24) is 0 Å². The first-order valence-electron chi connectivity index (χ1n) is 7.96. The minimum atomic E-state index is -1.21. The first-order valence-corrected chi connectivity index (χ1v) is 7.96. The molecule has 26 heavy (non-hydrogen) atoms. The highest BCUT2D eigenvalue weighted by Crippen LogP contribution is 2.32. The Morgan fingerprint density at radius 2 is 1.00 bits per heavy atom. The maximum absolute atomic E-state index is 9.64. The molecule has 0 saturated heterocycles. The quantitative estimate of drug-likeness (QED) is 0.726. The molecule has 0 aliphatic rings. The summed E-state index contributed by atoms with van der Waals surface area (Å²) in [4.78, 5) is 0. The van der Waals surface area contributed by atoms with E-state index < -0.39 is 11.1 Å². The summed E-state index contributed by atoms with van der Waals surface area (Å²) < 4.78 is 10.3. The molecule has 0 fully saturated rings.